The maximum Gasteiger partial charge on any atom is 0.339 e. The van der Waals surface area contributed by atoms with Crippen LogP contribution in [0, 0.1) is 17.8 Å². The fourth-order valence-electron chi connectivity index (χ4n) is 16.9. The quantitative estimate of drug-likeness (QED) is 0.0276. The Balaban J connectivity index is 1.11. The second-order valence-corrected chi connectivity index (χ2v) is 37.9. The first-order chi connectivity index (χ1) is 61.0. The Morgan fingerprint density at radius 1 is 0.534 bits per heavy atom. The van der Waals surface area contributed by atoms with Crippen LogP contribution in [0.15, 0.2) is 60.8 Å². The number of nitrogens with two attached hydrogens (primary N) is 2. The number of nitrogens with zero attached hydrogens (tertiary/aromatic N) is 3. The highest BCUT2D eigenvalue weighted by Crippen LogP contribution is 2.37. The molecule has 3 fully saturated rings. The van der Waals surface area contributed by atoms with Crippen LogP contribution in [0.25, 0.3) is 10.9 Å². The molecule has 4 heterocycles. The smallest absolute Gasteiger partial charge is 0.339 e. The van der Waals surface area contributed by atoms with E-state index >= 15 is 4.79 Å². The largest absolute Gasteiger partial charge is 0.481 e. The Hall–Kier alpha value is -11.6. The van der Waals surface area contributed by atoms with Crippen molar-refractivity contribution in [3.8, 4) is 0 Å². The summed E-state index contributed by atoms with van der Waals surface area (Å²) in [4.78, 5) is 259. The fraction of sp³-hybridized carbons (Fsp3) is 0.644. The number of amides is 17. The van der Waals surface area contributed by atoms with Crippen molar-refractivity contribution in [2.24, 2.45) is 29.2 Å². The predicted octanol–water partition coefficient (Wildman–Crippen LogP) is -1.84. The third-order valence-corrected chi connectivity index (χ3v) is 25.0. The van der Waals surface area contributed by atoms with E-state index < -0.39 is 287 Å². The first-order valence-corrected chi connectivity index (χ1v) is 44.7. The van der Waals surface area contributed by atoms with Crippen molar-refractivity contribution in [1.29, 1.82) is 0 Å². The third kappa shape index (κ3) is 28.0. The van der Waals surface area contributed by atoms with E-state index in [0.29, 0.717) is 18.4 Å². The average molecular weight is 1840 g/mol. The lowest BCUT2D eigenvalue weighted by atomic mass is 9.92. The molecule has 1 aromatic heterocycles. The van der Waals surface area contributed by atoms with Gasteiger partial charge in [-0.25, -0.2) is 9.28 Å². The van der Waals surface area contributed by atoms with Crippen LogP contribution in [0.1, 0.15) is 213 Å². The number of aliphatic carboxylic acids is 1. The summed E-state index contributed by atoms with van der Waals surface area (Å²) in [5.74, 6) is -18.4. The molecule has 22 N–H and O–H groups in total. The number of aliphatic hydroxyl groups is 4. The molecular formula is C90H139N18O23+. The van der Waals surface area contributed by atoms with Crippen LogP contribution < -0.4 is 75.3 Å². The van der Waals surface area contributed by atoms with Gasteiger partial charge in [0.05, 0.1) is 31.5 Å². The molecule has 0 bridgehead atoms. The number of benzene rings is 2. The van der Waals surface area contributed by atoms with Crippen LogP contribution in [0.5, 0.6) is 0 Å². The number of hydrogen-bond donors (Lipinski definition) is 20. The lowest BCUT2D eigenvalue weighted by Gasteiger charge is -2.46. The van der Waals surface area contributed by atoms with E-state index in [1.807, 2.05) is 36.4 Å². The van der Waals surface area contributed by atoms with Gasteiger partial charge in [0, 0.05) is 88.5 Å². The lowest BCUT2D eigenvalue weighted by Crippen LogP contribution is -2.73. The molecular weight excluding hydrogens is 1700 g/mol. The SMILES string of the molecule is CC[C@H](C)[C@H](NC(=O)[C@H](Cc1c[nH]c2ccccc12)NC(C)=O)C(=O)N[C@@H](CCC(=O)O)C(=O)N[C@@](C)(CC)C(=O)N[C@H](C(=O)N[C@H](C(=O)NC(C)(C)C(=O)N[C@@H](CC(C)C)C(=O)NC(C)(C)C(=O)N1C[C@H](O)C[C@H]1C(=O)N[C@@H](CCC(N)=O)C(=O)NC(C)(C)C(=O)N1C[C@H](O)C[C@H]1C(=O)NC(C)(C)C(=O)[N@@+]1(C(CO)Cc2ccccc2)CCC[C@H]1C(N)=O)[C@@H](C)O)[C@@H](C)CC. The number of aromatic nitrogens is 1. The zero-order valence-electron chi connectivity index (χ0n) is 78.4. The number of primary amides is 2. The highest BCUT2D eigenvalue weighted by atomic mass is 16.4. The summed E-state index contributed by atoms with van der Waals surface area (Å²) in [6.07, 6.45) is -4.47. The molecule has 0 radical (unpaired) electrons. The van der Waals surface area contributed by atoms with E-state index in [9.17, 15) is 107 Å². The molecule has 3 aliphatic heterocycles. The number of H-pyrrole nitrogens is 1. The van der Waals surface area contributed by atoms with Gasteiger partial charge in [-0.1, -0.05) is 110 Å². The van der Waals surface area contributed by atoms with Gasteiger partial charge < -0.3 is 116 Å². The van der Waals surface area contributed by atoms with Gasteiger partial charge in [-0.15, -0.1) is 0 Å². The number of quaternary nitrogens is 1. The minimum atomic E-state index is -1.98. The van der Waals surface area contributed by atoms with E-state index in [0.717, 1.165) is 33.2 Å². The Labute approximate surface area is 763 Å². The number of β-amino-alcohol motifs (C(OH)–C–C–N with tert-alkyl or cyclic N) is 2. The maximum atomic E-state index is 15.1. The third-order valence-electron chi connectivity index (χ3n) is 25.0. The number of aliphatic hydroxyl groups excluding tert-OH is 4. The lowest BCUT2D eigenvalue weighted by molar-refractivity contribution is -0.884. The van der Waals surface area contributed by atoms with E-state index in [1.165, 1.54) is 76.2 Å². The zero-order chi connectivity index (χ0) is 98.7. The number of likely N-dealkylation sites (tertiary alicyclic amines) is 3. The average Bonchev–Trinajstić information content (AvgIpc) is 0.976. The molecule has 0 spiro atoms. The zero-order valence-corrected chi connectivity index (χ0v) is 78.4. The van der Waals surface area contributed by atoms with Gasteiger partial charge in [0.1, 0.15) is 88.1 Å². The van der Waals surface area contributed by atoms with Crippen molar-refractivity contribution in [2.75, 3.05) is 26.2 Å². The normalized spacial score (nSPS) is 20.6. The van der Waals surface area contributed by atoms with Crippen LogP contribution in [0.2, 0.25) is 0 Å². The van der Waals surface area contributed by atoms with Gasteiger partial charge in [0.15, 0.2) is 6.04 Å². The minimum Gasteiger partial charge on any atom is -0.481 e. The molecule has 41 heteroatoms. The number of carbonyl (C=O) groups is 18. The molecule has 17 amide bonds. The van der Waals surface area contributed by atoms with Gasteiger partial charge >= 0.3 is 11.9 Å². The number of rotatable bonds is 47. The number of para-hydroxylation sites is 1. The number of hydrogen-bond acceptors (Lipinski definition) is 22. The summed E-state index contributed by atoms with van der Waals surface area (Å²) in [6.45, 7) is 24.4. The number of aromatic amines is 1. The van der Waals surface area contributed by atoms with Crippen LogP contribution in [-0.4, -0.2) is 290 Å². The van der Waals surface area contributed by atoms with E-state index in [2.05, 4.69) is 68.8 Å². The van der Waals surface area contributed by atoms with Crippen LogP contribution in [0.3, 0.4) is 0 Å². The maximum absolute atomic E-state index is 15.1. The summed E-state index contributed by atoms with van der Waals surface area (Å²) in [5, 5.41) is 86.0. The Morgan fingerprint density at radius 2 is 1.04 bits per heavy atom. The number of carboxylic acid groups (broad SMARTS) is 1. The molecule has 3 aliphatic rings. The van der Waals surface area contributed by atoms with Gasteiger partial charge in [0.2, 0.25) is 88.6 Å². The first kappa shape index (κ1) is 108. The molecule has 18 atom stereocenters. The highest BCUT2D eigenvalue weighted by molar-refractivity contribution is 6.03. The Bertz CT molecular complexity index is 4670. The van der Waals surface area contributed by atoms with E-state index in [4.69, 9.17) is 11.5 Å². The highest BCUT2D eigenvalue weighted by Gasteiger charge is 2.61. The molecule has 0 aliphatic carbocycles. The monoisotopic (exact) mass is 1840 g/mol. The standard InChI is InChI=1S/C90H138N18O23/c1-19-48(6)68(98-72(118)62(94-51(9)111)40-53-43-93-58-31-26-25-30-57(53)58)78(124)96-60(34-36-67(115)116)74(120)105-90(18,21-3)82(128)100-69(49(7)20-2)79(125)99-70(50(8)110)80(126)104-86(10,11)81(127)97-61(38-47(4)5)75(121)102-88(14,15)83(129)106-44-55(112)41-63(106)76(122)95-59(33-35-66(91)114)73(119)101-87(12,13)84(130)107-45-56(113)42-64(107)77(123)103-89(16,17)85(131)108(37-27-32-65(108)71(92)117)54(46-109)39-52-28-23-22-24-29-52/h22-26,28-31,43,47-50,54-56,59-65,68-70,93,109-110,112-113H,19-21,27,32-42,44-46H2,1-18H3,(H16-,91,92,94,95,96,97,98,99,100,101,102,103,104,105,111,114,115,116,117,118,119,120,121,122,123,124,125,126,127,128)/p+1/t48-,49-,50+,54?,55+,56+,59-,60-,61-,62-,63-,64-,65-,68-,69-,70-,90-,108+/m0/s1. The summed E-state index contributed by atoms with van der Waals surface area (Å²) in [5.41, 5.74) is 4.08. The number of carbonyl (C=O) groups excluding carboxylic acids is 17. The predicted molar refractivity (Wildman–Crippen MR) is 478 cm³/mol. The molecule has 41 nitrogen and oxygen atoms in total. The summed E-state index contributed by atoms with van der Waals surface area (Å²) >= 11 is 0. The van der Waals surface area contributed by atoms with E-state index in [-0.39, 0.29) is 57.4 Å². The number of nitrogens with one attached hydrogen (secondary N) is 13. The molecule has 3 aromatic rings. The fourth-order valence-corrected chi connectivity index (χ4v) is 16.9. The van der Waals surface area contributed by atoms with Crippen molar-refractivity contribution >= 4 is 117 Å². The second kappa shape index (κ2) is 46.0. The van der Waals surface area contributed by atoms with Crippen LogP contribution >= 0.6 is 0 Å². The van der Waals surface area contributed by atoms with Gasteiger partial charge in [-0.3, -0.25) is 81.5 Å². The van der Waals surface area contributed by atoms with Crippen molar-refractivity contribution in [1.82, 2.24) is 78.6 Å². The molecule has 2 aromatic carbocycles. The van der Waals surface area contributed by atoms with E-state index in [1.54, 1.807) is 65.9 Å². The Kier molecular flexibility index (Phi) is 38.0. The molecule has 1 unspecified atom stereocenters. The van der Waals surface area contributed by atoms with Crippen molar-refractivity contribution in [3.63, 3.8) is 0 Å². The van der Waals surface area contributed by atoms with Crippen molar-refractivity contribution in [2.45, 2.75) is 327 Å². The number of carboxylic acids is 1. The van der Waals surface area contributed by atoms with Gasteiger partial charge in [-0.2, -0.15) is 0 Å². The molecule has 0 saturated carbocycles. The summed E-state index contributed by atoms with van der Waals surface area (Å²) in [7, 11) is 0. The topological polar surface area (TPSA) is 627 Å². The van der Waals surface area contributed by atoms with Crippen LogP contribution in [0.4, 0.5) is 0 Å². The molecule has 3 saturated heterocycles. The van der Waals surface area contributed by atoms with Gasteiger partial charge in [-0.05, 0) is 130 Å². The summed E-state index contributed by atoms with van der Waals surface area (Å²) in [6, 6.07) is 0.660. The second-order valence-electron chi connectivity index (χ2n) is 37.9. The first-order valence-electron chi connectivity index (χ1n) is 44.7. The molecule has 6 rings (SSSR count). The number of fused-ring (bicyclic) bond motifs is 1. The van der Waals surface area contributed by atoms with Crippen molar-refractivity contribution in [3.05, 3.63) is 71.9 Å². The molecule has 131 heavy (non-hydrogen) atoms. The van der Waals surface area contributed by atoms with Crippen LogP contribution in [-0.2, 0) is 99.1 Å². The van der Waals surface area contributed by atoms with Crippen molar-refractivity contribution < 1.29 is 116 Å². The Morgan fingerprint density at radius 3 is 1.56 bits per heavy atom. The molecule has 726 valence electrons. The summed E-state index contributed by atoms with van der Waals surface area (Å²) < 4.78 is -0.581. The minimum absolute atomic E-state index is 0.0174. The van der Waals surface area contributed by atoms with Gasteiger partial charge in [0.25, 0.3) is 5.91 Å².